The van der Waals surface area contributed by atoms with Crippen molar-refractivity contribution in [1.29, 1.82) is 0 Å². The van der Waals surface area contributed by atoms with Crippen molar-refractivity contribution < 1.29 is 19.2 Å². The summed E-state index contributed by atoms with van der Waals surface area (Å²) in [5, 5.41) is 7.77. The van der Waals surface area contributed by atoms with Gasteiger partial charge in [0.15, 0.2) is 0 Å². The Hall–Kier alpha value is -14.6. The van der Waals surface area contributed by atoms with Gasteiger partial charge in [0.05, 0.1) is 63.7 Å². The summed E-state index contributed by atoms with van der Waals surface area (Å²) in [6.45, 7) is 40.9. The number of rotatable bonds is 9. The van der Waals surface area contributed by atoms with E-state index in [2.05, 4.69) is 418 Å². The van der Waals surface area contributed by atoms with Gasteiger partial charge in [-0.2, -0.15) is 0 Å². The molecule has 0 atom stereocenters. The highest BCUT2D eigenvalue weighted by atomic mass is 15.0. The molecule has 0 unspecified atom stereocenters. The van der Waals surface area contributed by atoms with Crippen molar-refractivity contribution in [3.8, 4) is 83.8 Å². The molecule has 0 bridgehead atoms. The van der Waals surface area contributed by atoms with E-state index in [1.807, 2.05) is 65.8 Å². The summed E-state index contributed by atoms with van der Waals surface area (Å²) in [6.07, 6.45) is 0. The van der Waals surface area contributed by atoms with Crippen molar-refractivity contribution >= 4 is 65.4 Å². The summed E-state index contributed by atoms with van der Waals surface area (Å²) in [6, 6.07) is 124. The summed E-state index contributed by atoms with van der Waals surface area (Å²) in [5.41, 5.74) is 28.1. The molecule has 0 N–H and O–H groups in total. The highest BCUT2D eigenvalue weighted by Gasteiger charge is 2.31. The van der Waals surface area contributed by atoms with Gasteiger partial charge in [0.25, 0.3) is 0 Å². The maximum absolute atomic E-state index is 8.59. The van der Waals surface area contributed by atoms with Crippen LogP contribution in [0.1, 0.15) is 183 Å². The van der Waals surface area contributed by atoms with Gasteiger partial charge < -0.3 is 13.7 Å². The first-order chi connectivity index (χ1) is 71.1. The Labute approximate surface area is 828 Å². The summed E-state index contributed by atoms with van der Waals surface area (Å²) in [4.78, 5) is 0. The second-order valence-corrected chi connectivity index (χ2v) is 40.9. The average molecular weight is 1790 g/mol. The predicted octanol–water partition coefficient (Wildman–Crippen LogP) is 37.5. The van der Waals surface area contributed by atoms with E-state index in [1.54, 1.807) is 25.1 Å². The molecule has 0 fully saturated rings. The maximum Gasteiger partial charge on any atom is 0.0632 e. The molecule has 3 heteroatoms. The standard InChI is InChI=1S/C34H28N2.C23H24.C22H21N.C22H22.2C16H18/c1-34(2,3)33-31(35-27-17-8-4-13-23(27)24-14-5-9-18-28(24)35)21-12-22-32(33)36-29-19-10-6-15-25(29)26-16-7-11-20-30(26)36;1-17-10-8-13-19(16-17)21-15-9-14-20(22(21)23(2,3)4)18-11-6-5-7-12-18;1-22(2,3)18-12-6-9-15-21(18)23-19-13-7-4-10-16(19)17-11-5-8-14-20(17)23;1-22(2,3)21-19(17-11-6-4-7-12-17)15-10-16-20(21)18-13-8-5-9-14-18;2*1-16(2,3)15-12-8-7-11-14(15)13-9-5-4-6-10-13/h4-22H,1-3H3;5-16H,1-4H3;4-15H,1-3H3;4-16H,1-3H3;2*4-12H,1-3H3/i;5D,6D,7D,8D,10D,11D,12D,13D,16D;;;4D,5D,6D,9D,10D;. The van der Waals surface area contributed by atoms with Crippen molar-refractivity contribution in [2.75, 3.05) is 0 Å². The number of aromatic nitrogens is 3. The van der Waals surface area contributed by atoms with Gasteiger partial charge in [-0.15, -0.1) is 0 Å². The zero-order valence-electron chi connectivity index (χ0n) is 96.0. The molecule has 0 radical (unpaired) electrons. The Morgan fingerprint density at radius 1 is 0.176 bits per heavy atom. The largest absolute Gasteiger partial charge is 0.309 e. The van der Waals surface area contributed by atoms with Crippen molar-refractivity contribution in [3.63, 3.8) is 0 Å². The third kappa shape index (κ3) is 20.7. The first-order valence-corrected chi connectivity index (χ1v) is 47.2. The minimum absolute atomic E-state index is 0.0280. The van der Waals surface area contributed by atoms with Crippen molar-refractivity contribution in [2.24, 2.45) is 0 Å². The Kier molecular flexibility index (Phi) is 23.0. The Morgan fingerprint density at radius 3 is 0.750 bits per heavy atom. The lowest BCUT2D eigenvalue weighted by Gasteiger charge is -2.28. The molecule has 3 heterocycles. The summed E-state index contributed by atoms with van der Waals surface area (Å²) < 4.78 is 121. The molecule has 678 valence electrons. The minimum atomic E-state index is -0.594. The third-order valence-electron chi connectivity index (χ3n) is 24.9. The summed E-state index contributed by atoms with van der Waals surface area (Å²) >= 11 is 0. The minimum Gasteiger partial charge on any atom is -0.309 e. The zero-order chi connectivity index (χ0) is 108. The van der Waals surface area contributed by atoms with Gasteiger partial charge in [0, 0.05) is 43.6 Å². The molecular weight excluding hydrogens is 1640 g/mol. The molecule has 0 saturated heterocycles. The number of fused-ring (bicyclic) bond motifs is 9. The molecule has 0 saturated carbocycles. The topological polar surface area (TPSA) is 14.8 Å². The molecule has 21 rings (SSSR count). The number of nitrogens with zero attached hydrogens (tertiary/aromatic N) is 3. The third-order valence-corrected chi connectivity index (χ3v) is 24.9. The van der Waals surface area contributed by atoms with Crippen molar-refractivity contribution in [2.45, 2.75) is 164 Å². The van der Waals surface area contributed by atoms with Crippen LogP contribution in [0.4, 0.5) is 0 Å². The van der Waals surface area contributed by atoms with Gasteiger partial charge in [-0.05, 0) is 189 Å². The molecule has 136 heavy (non-hydrogen) atoms. The molecule has 0 aliphatic rings. The molecule has 0 spiro atoms. The molecule has 18 aromatic carbocycles. The van der Waals surface area contributed by atoms with Crippen LogP contribution < -0.4 is 0 Å². The van der Waals surface area contributed by atoms with E-state index in [0.717, 1.165) is 5.56 Å². The van der Waals surface area contributed by atoms with Gasteiger partial charge >= 0.3 is 0 Å². The van der Waals surface area contributed by atoms with E-state index in [4.69, 9.17) is 19.2 Å². The number of hydrogen-bond acceptors (Lipinski definition) is 0. The lowest BCUT2D eigenvalue weighted by atomic mass is 9.77. The number of para-hydroxylation sites is 7. The molecule has 0 aliphatic heterocycles. The van der Waals surface area contributed by atoms with Crippen LogP contribution in [0.3, 0.4) is 0 Å². The lowest BCUT2D eigenvalue weighted by Crippen LogP contribution is -2.19. The highest BCUT2D eigenvalue weighted by Crippen LogP contribution is 2.47. The first kappa shape index (κ1) is 77.8. The van der Waals surface area contributed by atoms with Crippen molar-refractivity contribution in [3.05, 3.63) is 488 Å². The SMILES string of the molecule is CC(C)(C)c1c(-c2ccccc2)cccc1-c1ccccc1.CC(C)(C)c1c(-n2c3ccccc3c3ccccc32)cccc1-n1c2ccccc2c2ccccc21.CC(C)(C)c1ccccc1-c1ccccc1.CC(C)(C)c1ccccc1-n1c2ccccc2c2ccccc21.[2H]c1c([2H])c([2H])c(-c2cccc(-c3c([2H])c([2H])c([2H])c(C)c3[2H])c2C(C)(C)C)c([2H])c1[2H].[2H]c1c([2H])c([2H])c(-c2ccccc2C(C)(C)C)c([2H])c1[2H]. The molecular formula is C133H131N3. The van der Waals surface area contributed by atoms with Crippen LogP contribution in [-0.2, 0) is 32.5 Å². The lowest BCUT2D eigenvalue weighted by molar-refractivity contribution is 0.584. The van der Waals surface area contributed by atoms with Gasteiger partial charge in [-0.3, -0.25) is 0 Å². The van der Waals surface area contributed by atoms with Crippen LogP contribution in [-0.4, -0.2) is 13.7 Å². The summed E-state index contributed by atoms with van der Waals surface area (Å²) in [5.74, 6) is 0. The summed E-state index contributed by atoms with van der Waals surface area (Å²) in [7, 11) is 0. The Balaban J connectivity index is 0.000000131. The number of hydrogen-bond donors (Lipinski definition) is 0. The average Bonchev–Trinajstić information content (AvgIpc) is 1.58. The normalized spacial score (nSPS) is 13.2. The van der Waals surface area contributed by atoms with Crippen LogP contribution in [0.15, 0.2) is 449 Å². The molecule has 3 aromatic heterocycles. The van der Waals surface area contributed by atoms with E-state index < -0.39 is 23.5 Å². The zero-order valence-corrected chi connectivity index (χ0v) is 82.0. The first-order valence-electron chi connectivity index (χ1n) is 54.2. The molecule has 21 aromatic rings. The van der Waals surface area contributed by atoms with Crippen LogP contribution in [0, 0.1) is 6.92 Å². The van der Waals surface area contributed by atoms with Gasteiger partial charge in [-0.1, -0.05) is 524 Å². The van der Waals surface area contributed by atoms with E-state index in [9.17, 15) is 0 Å². The van der Waals surface area contributed by atoms with Gasteiger partial charge in [-0.25, -0.2) is 0 Å². The van der Waals surface area contributed by atoms with Crippen LogP contribution >= 0.6 is 0 Å². The smallest absolute Gasteiger partial charge is 0.0632 e. The quantitative estimate of drug-likeness (QED) is 0.137. The van der Waals surface area contributed by atoms with Crippen molar-refractivity contribution in [1.82, 2.24) is 13.7 Å². The van der Waals surface area contributed by atoms with Gasteiger partial charge in [0.1, 0.15) is 0 Å². The van der Waals surface area contributed by atoms with E-state index in [-0.39, 0.29) is 116 Å². The second kappa shape index (κ2) is 40.3. The molecule has 3 nitrogen and oxygen atoms in total. The monoisotopic (exact) mass is 1780 g/mol. The van der Waals surface area contributed by atoms with E-state index in [1.165, 1.54) is 138 Å². The maximum atomic E-state index is 8.59. The second-order valence-electron chi connectivity index (χ2n) is 40.9. The fourth-order valence-electron chi connectivity index (χ4n) is 19.1. The van der Waals surface area contributed by atoms with Crippen LogP contribution in [0.5, 0.6) is 0 Å². The molecule has 0 aliphatic carbocycles. The number of benzene rings is 18. The Morgan fingerprint density at radius 2 is 0.412 bits per heavy atom. The van der Waals surface area contributed by atoms with Gasteiger partial charge in [0.2, 0.25) is 0 Å². The fourth-order valence-corrected chi connectivity index (χ4v) is 19.1. The van der Waals surface area contributed by atoms with E-state index in [0.29, 0.717) is 22.3 Å². The predicted molar refractivity (Wildman–Crippen MR) is 591 cm³/mol. The Bertz CT molecular complexity index is 8080. The van der Waals surface area contributed by atoms with E-state index >= 15 is 0 Å². The highest BCUT2D eigenvalue weighted by molar-refractivity contribution is 6.12. The fraction of sp³-hybridized carbons (Fsp3) is 0.188. The van der Waals surface area contributed by atoms with Crippen LogP contribution in [0.2, 0.25) is 0 Å². The van der Waals surface area contributed by atoms with Crippen LogP contribution in [0.25, 0.3) is 149 Å². The molecule has 0 amide bonds.